The molecule has 2 fully saturated rings. The van der Waals surface area contributed by atoms with E-state index in [2.05, 4.69) is 30.2 Å². The zero-order chi connectivity index (χ0) is 25.7. The summed E-state index contributed by atoms with van der Waals surface area (Å²) < 4.78 is 31.8. The molecular formula is C28H31F2N7. The molecule has 6 rings (SSSR count). The lowest BCUT2D eigenvalue weighted by atomic mass is 9.83. The molecule has 0 bridgehead atoms. The normalized spacial score (nSPS) is 19.8. The molecular weight excluding hydrogens is 472 g/mol. The van der Waals surface area contributed by atoms with Gasteiger partial charge in [0.15, 0.2) is 5.82 Å². The number of piperidine rings is 1. The van der Waals surface area contributed by atoms with Gasteiger partial charge >= 0.3 is 0 Å². The third kappa shape index (κ3) is 4.51. The van der Waals surface area contributed by atoms with Gasteiger partial charge in [-0.2, -0.15) is 0 Å². The molecule has 0 amide bonds. The van der Waals surface area contributed by atoms with Crippen LogP contribution in [0.1, 0.15) is 49.2 Å². The summed E-state index contributed by atoms with van der Waals surface area (Å²) in [5.74, 6) is 1.18. The summed E-state index contributed by atoms with van der Waals surface area (Å²) in [5.41, 5.74) is 3.40. The number of fused-ring (bicyclic) bond motifs is 2. The number of aryl methyl sites for hydroxylation is 1. The molecule has 2 atom stereocenters. The summed E-state index contributed by atoms with van der Waals surface area (Å²) in [5, 5.41) is 3.48. The van der Waals surface area contributed by atoms with Crippen molar-refractivity contribution in [3.05, 3.63) is 71.3 Å². The minimum absolute atomic E-state index is 0.0967. The van der Waals surface area contributed by atoms with Crippen molar-refractivity contribution in [2.75, 3.05) is 19.6 Å². The van der Waals surface area contributed by atoms with Crippen molar-refractivity contribution in [1.82, 2.24) is 34.7 Å². The fourth-order valence-corrected chi connectivity index (χ4v) is 5.84. The molecule has 4 aromatic rings. The number of halogens is 2. The van der Waals surface area contributed by atoms with E-state index in [1.165, 1.54) is 18.7 Å². The average molecular weight is 504 g/mol. The Morgan fingerprint density at radius 2 is 1.86 bits per heavy atom. The lowest BCUT2D eigenvalue weighted by Gasteiger charge is -2.51. The van der Waals surface area contributed by atoms with E-state index in [0.717, 1.165) is 43.5 Å². The first-order valence-corrected chi connectivity index (χ1v) is 12.9. The highest BCUT2D eigenvalue weighted by atomic mass is 19.1. The van der Waals surface area contributed by atoms with Gasteiger partial charge in [-0.3, -0.25) is 9.88 Å². The molecule has 1 aromatic carbocycles. The summed E-state index contributed by atoms with van der Waals surface area (Å²) in [4.78, 5) is 20.2. The maximum absolute atomic E-state index is 15.0. The number of rotatable bonds is 6. The number of imidazole rings is 1. The van der Waals surface area contributed by atoms with Gasteiger partial charge in [0.25, 0.3) is 0 Å². The van der Waals surface area contributed by atoms with Gasteiger partial charge in [-0.1, -0.05) is 0 Å². The molecule has 7 nitrogen and oxygen atoms in total. The van der Waals surface area contributed by atoms with Crippen LogP contribution in [0.3, 0.4) is 0 Å². The average Bonchev–Trinajstić information content (AvgIpc) is 3.21. The highest BCUT2D eigenvalue weighted by molar-refractivity contribution is 5.83. The van der Waals surface area contributed by atoms with Crippen LogP contribution in [-0.4, -0.2) is 55.1 Å². The number of nitrogens with one attached hydrogen (secondary N) is 1. The highest BCUT2D eigenvalue weighted by Crippen LogP contribution is 2.32. The lowest BCUT2D eigenvalue weighted by molar-refractivity contribution is -0.0115. The van der Waals surface area contributed by atoms with Gasteiger partial charge in [0, 0.05) is 60.9 Å². The Bertz CT molecular complexity index is 1450. The van der Waals surface area contributed by atoms with Crippen molar-refractivity contribution < 1.29 is 8.78 Å². The van der Waals surface area contributed by atoms with E-state index in [9.17, 15) is 8.78 Å². The first kappa shape index (κ1) is 24.1. The molecule has 0 spiro atoms. The maximum atomic E-state index is 15.0. The van der Waals surface area contributed by atoms with E-state index in [-0.39, 0.29) is 6.04 Å². The van der Waals surface area contributed by atoms with E-state index >= 15 is 0 Å². The van der Waals surface area contributed by atoms with Gasteiger partial charge < -0.3 is 9.88 Å². The van der Waals surface area contributed by atoms with E-state index in [1.54, 1.807) is 12.1 Å². The Hall–Kier alpha value is -3.30. The molecule has 3 aromatic heterocycles. The minimum atomic E-state index is -0.504. The number of pyridine rings is 1. The quantitative estimate of drug-likeness (QED) is 0.420. The van der Waals surface area contributed by atoms with Gasteiger partial charge in [-0.25, -0.2) is 23.7 Å². The summed E-state index contributed by atoms with van der Waals surface area (Å²) in [6, 6.07) is 5.51. The number of aromatic nitrogens is 5. The van der Waals surface area contributed by atoms with Crippen LogP contribution in [0.15, 0.2) is 36.8 Å². The summed E-state index contributed by atoms with van der Waals surface area (Å²) >= 11 is 0. The van der Waals surface area contributed by atoms with Gasteiger partial charge in [0.1, 0.15) is 23.0 Å². The number of hydrogen-bond acceptors (Lipinski definition) is 6. The third-order valence-electron chi connectivity index (χ3n) is 7.68. The Balaban J connectivity index is 1.22. The van der Waals surface area contributed by atoms with Gasteiger partial charge in [0.05, 0.1) is 18.1 Å². The van der Waals surface area contributed by atoms with Crippen LogP contribution in [-0.2, 0) is 13.0 Å². The molecule has 0 aliphatic carbocycles. The zero-order valence-electron chi connectivity index (χ0n) is 21.4. The van der Waals surface area contributed by atoms with Crippen LogP contribution >= 0.6 is 0 Å². The molecule has 37 heavy (non-hydrogen) atoms. The van der Waals surface area contributed by atoms with Crippen LogP contribution < -0.4 is 5.32 Å². The van der Waals surface area contributed by atoms with Gasteiger partial charge in [-0.05, 0) is 63.4 Å². The highest BCUT2D eigenvalue weighted by Gasteiger charge is 2.39. The Kier molecular flexibility index (Phi) is 6.20. The van der Waals surface area contributed by atoms with Gasteiger partial charge in [0.2, 0.25) is 0 Å². The van der Waals surface area contributed by atoms with Crippen molar-refractivity contribution in [3.8, 4) is 11.1 Å². The van der Waals surface area contributed by atoms with Crippen LogP contribution in [0, 0.1) is 24.5 Å². The molecule has 2 saturated heterocycles. The molecule has 1 N–H and O–H groups in total. The van der Waals surface area contributed by atoms with Crippen molar-refractivity contribution in [1.29, 1.82) is 0 Å². The Morgan fingerprint density at radius 1 is 1.05 bits per heavy atom. The predicted octanol–water partition coefficient (Wildman–Crippen LogP) is 4.44. The fourth-order valence-electron chi connectivity index (χ4n) is 5.84. The molecule has 2 aliphatic heterocycles. The second-order valence-corrected chi connectivity index (χ2v) is 10.5. The second-order valence-electron chi connectivity index (χ2n) is 10.5. The van der Waals surface area contributed by atoms with Gasteiger partial charge in [-0.15, -0.1) is 0 Å². The topological polar surface area (TPSA) is 71.8 Å². The Morgan fingerprint density at radius 3 is 2.62 bits per heavy atom. The van der Waals surface area contributed by atoms with Crippen molar-refractivity contribution in [2.45, 2.75) is 52.2 Å². The Labute approximate surface area is 215 Å². The van der Waals surface area contributed by atoms with Crippen molar-refractivity contribution in [3.63, 3.8) is 0 Å². The van der Waals surface area contributed by atoms with Crippen LogP contribution in [0.4, 0.5) is 8.78 Å². The smallest absolute Gasteiger partial charge is 0.151 e. The molecule has 192 valence electrons. The molecule has 9 heteroatoms. The number of likely N-dealkylation sites (tertiary alicyclic amines) is 1. The van der Waals surface area contributed by atoms with Crippen LogP contribution in [0.2, 0.25) is 0 Å². The van der Waals surface area contributed by atoms with E-state index in [1.807, 2.05) is 37.7 Å². The van der Waals surface area contributed by atoms with Crippen LogP contribution in [0.5, 0.6) is 0 Å². The number of hydrogen-bond donors (Lipinski definition) is 1. The molecule has 0 radical (unpaired) electrons. The zero-order valence-corrected chi connectivity index (χ0v) is 21.4. The summed E-state index contributed by atoms with van der Waals surface area (Å²) in [7, 11) is 0. The fraction of sp³-hybridized carbons (Fsp3) is 0.429. The maximum Gasteiger partial charge on any atom is 0.151 e. The van der Waals surface area contributed by atoms with E-state index in [0.29, 0.717) is 46.1 Å². The molecule has 0 unspecified atom stereocenters. The van der Waals surface area contributed by atoms with E-state index in [4.69, 9.17) is 0 Å². The van der Waals surface area contributed by atoms with Crippen LogP contribution in [0.25, 0.3) is 22.2 Å². The standard InChI is InChI=1S/C28H31F2N7/c1-16(2)37-17(3)35-28-23(29)6-20(7-25(28)37)22-8-21(32-12-24(22)30)9-27-33-10-18(11-34-27)14-36-15-19-4-5-31-13-26(19)36/h6-8,10-12,16,19,26,31H,4-5,9,13-15H2,1-3H3/t19-,26-/m0/s1. The molecule has 0 saturated carbocycles. The number of nitrogens with zero attached hydrogens (tertiary/aromatic N) is 6. The second kappa shape index (κ2) is 9.54. The minimum Gasteiger partial charge on any atom is -0.326 e. The summed E-state index contributed by atoms with van der Waals surface area (Å²) in [6.07, 6.45) is 6.54. The number of benzene rings is 1. The first-order chi connectivity index (χ1) is 17.9. The molecule has 2 aliphatic rings. The lowest BCUT2D eigenvalue weighted by Crippen LogP contribution is -2.62. The van der Waals surface area contributed by atoms with Crippen molar-refractivity contribution in [2.24, 2.45) is 5.92 Å². The summed E-state index contributed by atoms with van der Waals surface area (Å²) in [6.45, 7) is 10.0. The predicted molar refractivity (Wildman–Crippen MR) is 138 cm³/mol. The van der Waals surface area contributed by atoms with E-state index < -0.39 is 11.6 Å². The van der Waals surface area contributed by atoms with Crippen molar-refractivity contribution >= 4 is 11.0 Å². The monoisotopic (exact) mass is 503 g/mol. The SMILES string of the molecule is Cc1nc2c(F)cc(-c3cc(Cc4ncc(CN5C[C@@H]6CCNC[C@@H]65)cn4)ncc3F)cc2n1C(C)C. The largest absolute Gasteiger partial charge is 0.326 e. The first-order valence-electron chi connectivity index (χ1n) is 12.9. The third-order valence-corrected chi connectivity index (χ3v) is 7.68. The molecule has 5 heterocycles.